The van der Waals surface area contributed by atoms with Crippen molar-refractivity contribution >= 4 is 22.2 Å². The number of anilines is 1. The van der Waals surface area contributed by atoms with Crippen molar-refractivity contribution in [3.63, 3.8) is 0 Å². The number of hydrogen-bond acceptors (Lipinski definition) is 7. The molecule has 1 saturated heterocycles. The number of aromatic nitrogens is 2. The van der Waals surface area contributed by atoms with Crippen LogP contribution in [0, 0.1) is 0 Å². The van der Waals surface area contributed by atoms with E-state index < -0.39 is 0 Å². The van der Waals surface area contributed by atoms with Crippen LogP contribution in [0.2, 0.25) is 0 Å². The molecule has 0 unspecified atom stereocenters. The van der Waals surface area contributed by atoms with E-state index in [1.54, 1.807) is 14.2 Å². The monoisotopic (exact) mass is 526 g/mol. The lowest BCUT2D eigenvalue weighted by atomic mass is 10.0. The topological polar surface area (TPSA) is 68.7 Å². The van der Waals surface area contributed by atoms with Gasteiger partial charge in [0, 0.05) is 36.4 Å². The Morgan fingerprint density at radius 2 is 1.69 bits per heavy atom. The Balaban J connectivity index is 1.27. The van der Waals surface area contributed by atoms with E-state index in [0.717, 1.165) is 97.0 Å². The van der Waals surface area contributed by atoms with E-state index in [1.165, 1.54) is 5.56 Å². The molecular formula is C32H38N4O3. The summed E-state index contributed by atoms with van der Waals surface area (Å²) in [5.74, 6) is 3.41. The molecule has 1 aliphatic carbocycles. The standard InChI is InChI=1S/C32H38N4O3/c1-4-20-39-27-11-8-23(9-12-27)22-36-18-16-25(17-19-36)33-32-30-21-28(38-3)14-15-29(30)31(34-35-32)24-6-5-7-26(37-2)13-10-24/h6-15,21,25H,4-5,16-20,22H2,1-3H3,(H,33,35). The second-order valence-electron chi connectivity index (χ2n) is 10.0. The van der Waals surface area contributed by atoms with Crippen LogP contribution in [-0.2, 0) is 11.3 Å². The van der Waals surface area contributed by atoms with Crippen molar-refractivity contribution in [1.29, 1.82) is 0 Å². The van der Waals surface area contributed by atoms with Crippen LogP contribution in [0.25, 0.3) is 16.3 Å². The highest BCUT2D eigenvalue weighted by molar-refractivity contribution is 6.00. The van der Waals surface area contributed by atoms with Crippen LogP contribution in [0.4, 0.5) is 5.82 Å². The van der Waals surface area contributed by atoms with Gasteiger partial charge < -0.3 is 19.5 Å². The van der Waals surface area contributed by atoms with Crippen molar-refractivity contribution in [3.8, 4) is 11.5 Å². The maximum atomic E-state index is 5.72. The van der Waals surface area contributed by atoms with E-state index >= 15 is 0 Å². The molecule has 1 N–H and O–H groups in total. The molecule has 2 heterocycles. The number of fused-ring (bicyclic) bond motifs is 1. The number of nitrogens with zero attached hydrogens (tertiary/aromatic N) is 3. The highest BCUT2D eigenvalue weighted by Gasteiger charge is 2.21. The summed E-state index contributed by atoms with van der Waals surface area (Å²) in [6.07, 6.45) is 12.1. The fourth-order valence-electron chi connectivity index (χ4n) is 5.12. The fraction of sp³-hybridized carbons (Fsp3) is 0.375. The fourth-order valence-corrected chi connectivity index (χ4v) is 5.12. The van der Waals surface area contributed by atoms with Gasteiger partial charge in [-0.25, -0.2) is 0 Å². The van der Waals surface area contributed by atoms with Gasteiger partial charge in [0.1, 0.15) is 23.0 Å². The number of hydrogen-bond donors (Lipinski definition) is 1. The van der Waals surface area contributed by atoms with E-state index in [1.807, 2.05) is 18.2 Å². The van der Waals surface area contributed by atoms with E-state index in [9.17, 15) is 0 Å². The van der Waals surface area contributed by atoms with Crippen molar-refractivity contribution in [2.24, 2.45) is 0 Å². The maximum absolute atomic E-state index is 5.72. The van der Waals surface area contributed by atoms with E-state index in [4.69, 9.17) is 14.2 Å². The Morgan fingerprint density at radius 1 is 0.897 bits per heavy atom. The summed E-state index contributed by atoms with van der Waals surface area (Å²) in [5.41, 5.74) is 3.21. The normalized spacial score (nSPS) is 16.4. The van der Waals surface area contributed by atoms with Gasteiger partial charge in [-0.1, -0.05) is 25.1 Å². The minimum atomic E-state index is 0.339. The predicted octanol–water partition coefficient (Wildman–Crippen LogP) is 6.38. The molecule has 39 heavy (non-hydrogen) atoms. The Bertz CT molecular complexity index is 1360. The van der Waals surface area contributed by atoms with Crippen molar-refractivity contribution in [2.75, 3.05) is 39.2 Å². The van der Waals surface area contributed by atoms with Crippen molar-refractivity contribution in [3.05, 3.63) is 83.8 Å². The number of methoxy groups -OCH3 is 2. The number of rotatable bonds is 10. The second kappa shape index (κ2) is 12.8. The smallest absolute Gasteiger partial charge is 0.156 e. The molecule has 5 rings (SSSR count). The summed E-state index contributed by atoms with van der Waals surface area (Å²) in [6, 6.07) is 15.0. The molecule has 1 fully saturated rings. The average molecular weight is 527 g/mol. The lowest BCUT2D eigenvalue weighted by Crippen LogP contribution is -2.38. The molecule has 0 bridgehead atoms. The average Bonchev–Trinajstić information content (AvgIpc) is 3.23. The van der Waals surface area contributed by atoms with Crippen molar-refractivity contribution in [1.82, 2.24) is 15.1 Å². The first kappa shape index (κ1) is 26.8. The van der Waals surface area contributed by atoms with Gasteiger partial charge >= 0.3 is 0 Å². The van der Waals surface area contributed by atoms with Gasteiger partial charge in [0.05, 0.1) is 20.8 Å². The second-order valence-corrected chi connectivity index (χ2v) is 10.0. The van der Waals surface area contributed by atoms with Gasteiger partial charge in [-0.2, -0.15) is 0 Å². The third-order valence-electron chi connectivity index (χ3n) is 7.31. The maximum Gasteiger partial charge on any atom is 0.156 e. The van der Waals surface area contributed by atoms with Crippen LogP contribution in [0.3, 0.4) is 0 Å². The first-order valence-corrected chi connectivity index (χ1v) is 13.8. The van der Waals surface area contributed by atoms with E-state index in [0.29, 0.717) is 6.04 Å². The molecule has 2 aliphatic rings. The summed E-state index contributed by atoms with van der Waals surface area (Å²) < 4.78 is 16.7. The third-order valence-corrected chi connectivity index (χ3v) is 7.31. The Labute approximate surface area is 231 Å². The minimum Gasteiger partial charge on any atom is -0.497 e. The summed E-state index contributed by atoms with van der Waals surface area (Å²) in [7, 11) is 3.38. The van der Waals surface area contributed by atoms with Crippen LogP contribution < -0.4 is 14.8 Å². The van der Waals surface area contributed by atoms with E-state index in [2.05, 4.69) is 75.9 Å². The van der Waals surface area contributed by atoms with Gasteiger partial charge in [0.25, 0.3) is 0 Å². The Morgan fingerprint density at radius 3 is 2.44 bits per heavy atom. The summed E-state index contributed by atoms with van der Waals surface area (Å²) in [5, 5.41) is 15.1. The summed E-state index contributed by atoms with van der Waals surface area (Å²) in [6.45, 7) is 5.90. The van der Waals surface area contributed by atoms with Crippen molar-refractivity contribution < 1.29 is 14.2 Å². The first-order valence-electron chi connectivity index (χ1n) is 13.8. The molecule has 0 radical (unpaired) electrons. The Hall–Kier alpha value is -3.84. The van der Waals surface area contributed by atoms with Crippen LogP contribution in [0.1, 0.15) is 43.9 Å². The third kappa shape index (κ3) is 6.60. The molecule has 0 spiro atoms. The zero-order chi connectivity index (χ0) is 27.0. The molecule has 7 heteroatoms. The van der Waals surface area contributed by atoms with Gasteiger partial charge in [-0.05, 0) is 85.4 Å². The SMILES string of the molecule is CCCOc1ccc(CN2CCC(Nc3nnc(C4=CCC=C(OC)C=C4)c4ccc(OC)cc34)CC2)cc1. The van der Waals surface area contributed by atoms with Gasteiger partial charge in [-0.3, -0.25) is 4.90 Å². The van der Waals surface area contributed by atoms with Gasteiger partial charge in [0.15, 0.2) is 5.82 Å². The summed E-state index contributed by atoms with van der Waals surface area (Å²) >= 11 is 0. The summed E-state index contributed by atoms with van der Waals surface area (Å²) in [4.78, 5) is 2.52. The molecule has 3 aromatic rings. The number of ether oxygens (including phenoxy) is 3. The molecule has 0 atom stereocenters. The quantitative estimate of drug-likeness (QED) is 0.329. The predicted molar refractivity (Wildman–Crippen MR) is 157 cm³/mol. The van der Waals surface area contributed by atoms with Crippen LogP contribution >= 0.6 is 0 Å². The number of allylic oxidation sites excluding steroid dienone is 5. The molecule has 7 nitrogen and oxygen atoms in total. The van der Waals surface area contributed by atoms with E-state index in [-0.39, 0.29) is 0 Å². The van der Waals surface area contributed by atoms with Crippen LogP contribution in [-0.4, -0.2) is 55.1 Å². The number of likely N-dealkylation sites (tertiary alicyclic amines) is 1. The molecule has 0 amide bonds. The van der Waals surface area contributed by atoms with Crippen LogP contribution in [0.15, 0.2) is 72.5 Å². The van der Waals surface area contributed by atoms with Crippen molar-refractivity contribution in [2.45, 2.75) is 45.2 Å². The Kier molecular flexibility index (Phi) is 8.78. The number of nitrogens with one attached hydrogen (secondary N) is 1. The molecule has 1 aliphatic heterocycles. The minimum absolute atomic E-state index is 0.339. The first-order chi connectivity index (χ1) is 19.2. The molecule has 1 aromatic heterocycles. The largest absolute Gasteiger partial charge is 0.497 e. The highest BCUT2D eigenvalue weighted by atomic mass is 16.5. The van der Waals surface area contributed by atoms with Gasteiger partial charge in [-0.15, -0.1) is 10.2 Å². The number of piperidine rings is 1. The van der Waals surface area contributed by atoms with Crippen LogP contribution in [0.5, 0.6) is 11.5 Å². The highest BCUT2D eigenvalue weighted by Crippen LogP contribution is 2.33. The lowest BCUT2D eigenvalue weighted by Gasteiger charge is -2.32. The van der Waals surface area contributed by atoms with Gasteiger partial charge in [0.2, 0.25) is 0 Å². The number of benzene rings is 2. The molecule has 204 valence electrons. The molecular weight excluding hydrogens is 488 g/mol. The molecule has 0 saturated carbocycles. The molecule has 2 aromatic carbocycles. The zero-order valence-corrected chi connectivity index (χ0v) is 23.2. The lowest BCUT2D eigenvalue weighted by molar-refractivity contribution is 0.211. The zero-order valence-electron chi connectivity index (χ0n) is 23.2.